The molecule has 138 valence electrons. The van der Waals surface area contributed by atoms with Crippen LogP contribution in [0.5, 0.6) is 0 Å². The number of nitrogens with zero attached hydrogens (tertiary/aromatic N) is 3. The predicted molar refractivity (Wildman–Crippen MR) is 107 cm³/mol. The van der Waals surface area contributed by atoms with Crippen molar-refractivity contribution in [1.82, 2.24) is 10.1 Å². The van der Waals surface area contributed by atoms with Crippen molar-refractivity contribution in [3.63, 3.8) is 0 Å². The average Bonchev–Trinajstić information content (AvgIpc) is 3.13. The van der Waals surface area contributed by atoms with Crippen LogP contribution in [0.4, 0.5) is 4.39 Å². The zero-order valence-electron chi connectivity index (χ0n) is 14.6. The molecule has 2 N–H and O–H groups in total. The van der Waals surface area contributed by atoms with Crippen LogP contribution in [0.2, 0.25) is 0 Å². The Morgan fingerprint density at radius 1 is 1.18 bits per heavy atom. The number of nitrogens with two attached hydrogens (primary N) is 1. The molecular weight excluding hydrogens is 423 g/mol. The van der Waals surface area contributed by atoms with Crippen LogP contribution in [0.3, 0.4) is 0 Å². The normalized spacial score (nSPS) is 12.1. The smallest absolute Gasteiger partial charge is 0.168 e. The molecule has 0 saturated heterocycles. The van der Waals surface area contributed by atoms with Gasteiger partial charge in [0.15, 0.2) is 5.58 Å². The van der Waals surface area contributed by atoms with E-state index < -0.39 is 11.9 Å². The number of pyridine rings is 1. The molecule has 0 aliphatic heterocycles. The van der Waals surface area contributed by atoms with Gasteiger partial charge in [0.05, 0.1) is 17.3 Å². The first-order valence-electron chi connectivity index (χ1n) is 8.52. The molecule has 1 unspecified atom stereocenters. The summed E-state index contributed by atoms with van der Waals surface area (Å²) in [6.45, 7) is 0. The first-order valence-corrected chi connectivity index (χ1v) is 9.31. The summed E-state index contributed by atoms with van der Waals surface area (Å²) < 4.78 is 20.1. The van der Waals surface area contributed by atoms with Gasteiger partial charge in [-0.15, -0.1) is 0 Å². The van der Waals surface area contributed by atoms with Crippen LogP contribution in [-0.2, 0) is 6.42 Å². The molecule has 0 aliphatic carbocycles. The largest absolute Gasteiger partial charge is 0.356 e. The highest BCUT2D eigenvalue weighted by atomic mass is 79.9. The van der Waals surface area contributed by atoms with Gasteiger partial charge in [-0.25, -0.2) is 9.37 Å². The molecular formula is C21H14BrFN4O. The Hall–Kier alpha value is -3.08. The quantitative estimate of drug-likeness (QED) is 0.459. The number of nitriles is 1. The third kappa shape index (κ3) is 3.40. The summed E-state index contributed by atoms with van der Waals surface area (Å²) in [5.41, 5.74) is 9.97. The fourth-order valence-corrected chi connectivity index (χ4v) is 3.50. The second-order valence-electron chi connectivity index (χ2n) is 6.31. The molecule has 2 aromatic heterocycles. The third-order valence-electron chi connectivity index (χ3n) is 4.51. The lowest BCUT2D eigenvalue weighted by atomic mass is 9.94. The summed E-state index contributed by atoms with van der Waals surface area (Å²) >= 11 is 3.26. The molecule has 28 heavy (non-hydrogen) atoms. The molecule has 2 heterocycles. The fraction of sp³-hybridized carbons (Fsp3) is 0.0952. The van der Waals surface area contributed by atoms with Crippen molar-refractivity contribution in [3.8, 4) is 17.3 Å². The zero-order chi connectivity index (χ0) is 19.7. The van der Waals surface area contributed by atoms with Gasteiger partial charge in [0.2, 0.25) is 0 Å². The minimum absolute atomic E-state index is 0.233. The SMILES string of the molecule is N#Cc1ccc2c(-c3ccccc3C(N)Cc3nc(Br)ccc3F)noc2c1. The van der Waals surface area contributed by atoms with E-state index in [4.69, 9.17) is 15.5 Å². The third-order valence-corrected chi connectivity index (χ3v) is 4.96. The Labute approximate surface area is 168 Å². The highest BCUT2D eigenvalue weighted by Gasteiger charge is 2.19. The van der Waals surface area contributed by atoms with Gasteiger partial charge in [0.1, 0.15) is 16.1 Å². The van der Waals surface area contributed by atoms with Gasteiger partial charge in [-0.05, 0) is 45.8 Å². The van der Waals surface area contributed by atoms with Crippen LogP contribution >= 0.6 is 15.9 Å². The molecule has 0 amide bonds. The van der Waals surface area contributed by atoms with Crippen LogP contribution in [0, 0.1) is 17.1 Å². The highest BCUT2D eigenvalue weighted by molar-refractivity contribution is 9.10. The van der Waals surface area contributed by atoms with E-state index in [0.29, 0.717) is 27.1 Å². The van der Waals surface area contributed by atoms with Crippen molar-refractivity contribution in [1.29, 1.82) is 5.26 Å². The van der Waals surface area contributed by atoms with Crippen molar-refractivity contribution in [2.75, 3.05) is 0 Å². The summed E-state index contributed by atoms with van der Waals surface area (Å²) in [5, 5.41) is 14.0. The molecule has 1 atom stereocenters. The molecule has 0 aliphatic rings. The van der Waals surface area contributed by atoms with Crippen molar-refractivity contribution < 1.29 is 8.91 Å². The van der Waals surface area contributed by atoms with Crippen molar-refractivity contribution in [3.05, 3.63) is 81.8 Å². The van der Waals surface area contributed by atoms with Crippen molar-refractivity contribution in [2.45, 2.75) is 12.5 Å². The molecule has 5 nitrogen and oxygen atoms in total. The van der Waals surface area contributed by atoms with E-state index in [1.165, 1.54) is 6.07 Å². The lowest BCUT2D eigenvalue weighted by Crippen LogP contribution is -2.16. The number of fused-ring (bicyclic) bond motifs is 1. The average molecular weight is 437 g/mol. The minimum atomic E-state index is -0.488. The maximum atomic E-state index is 14.1. The van der Waals surface area contributed by atoms with Crippen LogP contribution in [0.25, 0.3) is 22.2 Å². The van der Waals surface area contributed by atoms with E-state index in [9.17, 15) is 4.39 Å². The summed E-state index contributed by atoms with van der Waals surface area (Å²) in [4.78, 5) is 4.20. The van der Waals surface area contributed by atoms with Gasteiger partial charge < -0.3 is 10.3 Å². The first-order chi connectivity index (χ1) is 13.6. The van der Waals surface area contributed by atoms with Crippen LogP contribution in [0.1, 0.15) is 22.9 Å². The van der Waals surface area contributed by atoms with Crippen LogP contribution in [0.15, 0.2) is 63.7 Å². The molecule has 4 aromatic rings. The number of aromatic nitrogens is 2. The summed E-state index contributed by atoms with van der Waals surface area (Å²) in [6, 6.07) is 17.2. The second-order valence-corrected chi connectivity index (χ2v) is 7.13. The lowest BCUT2D eigenvalue weighted by molar-refractivity contribution is 0.459. The fourth-order valence-electron chi connectivity index (χ4n) is 3.16. The van der Waals surface area contributed by atoms with Crippen molar-refractivity contribution >= 4 is 26.9 Å². The number of benzene rings is 2. The molecule has 2 aromatic carbocycles. The Balaban J connectivity index is 1.75. The van der Waals surface area contributed by atoms with Gasteiger partial charge in [0, 0.05) is 29.5 Å². The molecule has 0 radical (unpaired) electrons. The van der Waals surface area contributed by atoms with Crippen LogP contribution in [-0.4, -0.2) is 10.1 Å². The Morgan fingerprint density at radius 3 is 2.82 bits per heavy atom. The number of rotatable bonds is 4. The van der Waals surface area contributed by atoms with Crippen molar-refractivity contribution in [2.24, 2.45) is 5.73 Å². The predicted octanol–water partition coefficient (Wildman–Crippen LogP) is 4.91. The Morgan fingerprint density at radius 2 is 2.00 bits per heavy atom. The topological polar surface area (TPSA) is 88.7 Å². The number of hydrogen-bond donors (Lipinski definition) is 1. The monoisotopic (exact) mass is 436 g/mol. The molecule has 0 fully saturated rings. The lowest BCUT2D eigenvalue weighted by Gasteiger charge is -2.16. The summed E-state index contributed by atoms with van der Waals surface area (Å²) in [7, 11) is 0. The van der Waals surface area contributed by atoms with Crippen LogP contribution < -0.4 is 5.73 Å². The maximum Gasteiger partial charge on any atom is 0.168 e. The molecule has 4 rings (SSSR count). The first kappa shape index (κ1) is 18.3. The van der Waals surface area contributed by atoms with Gasteiger partial charge >= 0.3 is 0 Å². The second kappa shape index (κ2) is 7.50. The molecule has 0 spiro atoms. The van der Waals surface area contributed by atoms with E-state index >= 15 is 0 Å². The molecule has 0 saturated carbocycles. The number of hydrogen-bond acceptors (Lipinski definition) is 5. The van der Waals surface area contributed by atoms with E-state index in [1.54, 1.807) is 24.3 Å². The Kier molecular flexibility index (Phi) is 4.90. The van der Waals surface area contributed by atoms with Gasteiger partial charge in [0.25, 0.3) is 0 Å². The standard InChI is InChI=1S/C21H14BrFN4O/c22-20-8-7-16(23)18(26-20)10-17(25)13-3-1-2-4-14(13)21-15-6-5-12(11-24)9-19(15)28-27-21/h1-9,17H,10,25H2. The number of halogens is 2. The molecule has 0 bridgehead atoms. The van der Waals surface area contributed by atoms with E-state index in [-0.39, 0.29) is 6.42 Å². The minimum Gasteiger partial charge on any atom is -0.356 e. The van der Waals surface area contributed by atoms with Gasteiger partial charge in [-0.3, -0.25) is 0 Å². The molecule has 7 heteroatoms. The highest BCUT2D eigenvalue weighted by Crippen LogP contribution is 2.33. The van der Waals surface area contributed by atoms with E-state index in [1.807, 2.05) is 24.3 Å². The summed E-state index contributed by atoms with van der Waals surface area (Å²) in [6.07, 6.45) is 0.233. The maximum absolute atomic E-state index is 14.1. The van der Waals surface area contributed by atoms with E-state index in [2.05, 4.69) is 32.1 Å². The van der Waals surface area contributed by atoms with Gasteiger partial charge in [-0.1, -0.05) is 29.4 Å². The van der Waals surface area contributed by atoms with E-state index in [0.717, 1.165) is 16.5 Å². The Bertz CT molecular complexity index is 1210. The zero-order valence-corrected chi connectivity index (χ0v) is 16.1. The summed E-state index contributed by atoms with van der Waals surface area (Å²) in [5.74, 6) is -0.396. The van der Waals surface area contributed by atoms with Gasteiger partial charge in [-0.2, -0.15) is 5.26 Å².